The van der Waals surface area contributed by atoms with Crippen LogP contribution in [0, 0.1) is 30.2 Å². The largest absolute Gasteiger partial charge is 0.432 e. The molecule has 4 rings (SSSR count). The van der Waals surface area contributed by atoms with E-state index in [1.165, 1.54) is 0 Å². The average Bonchev–Trinajstić information content (AvgIpc) is 3.26. The van der Waals surface area contributed by atoms with E-state index in [4.69, 9.17) is 4.74 Å². The minimum Gasteiger partial charge on any atom is -0.429 e. The van der Waals surface area contributed by atoms with Gasteiger partial charge in [0.15, 0.2) is 0 Å². The molecule has 0 radical (unpaired) electrons. The van der Waals surface area contributed by atoms with Gasteiger partial charge in [0, 0.05) is 17.7 Å². The number of rotatable bonds is 6. The van der Waals surface area contributed by atoms with Crippen molar-refractivity contribution in [2.75, 3.05) is 0 Å². The van der Waals surface area contributed by atoms with Gasteiger partial charge in [0.2, 0.25) is 0 Å². The predicted molar refractivity (Wildman–Crippen MR) is 115 cm³/mol. The van der Waals surface area contributed by atoms with E-state index in [2.05, 4.69) is 11.7 Å². The summed E-state index contributed by atoms with van der Waals surface area (Å²) in [4.78, 5) is 0. The lowest BCUT2D eigenvalue weighted by atomic mass is 9.99. The van der Waals surface area contributed by atoms with Gasteiger partial charge in [0.05, 0.1) is 12.2 Å². The second kappa shape index (κ2) is 9.33. The van der Waals surface area contributed by atoms with Gasteiger partial charge < -0.3 is 9.47 Å². The highest BCUT2D eigenvalue weighted by Gasteiger charge is 2.41. The van der Waals surface area contributed by atoms with Crippen molar-refractivity contribution in [2.24, 2.45) is 0 Å². The zero-order valence-corrected chi connectivity index (χ0v) is 18.5. The smallest absolute Gasteiger partial charge is 0.429 e. The predicted octanol–water partition coefficient (Wildman–Crippen LogP) is 7.98. The number of halogens is 6. The first kappa shape index (κ1) is 24.1. The maximum absolute atomic E-state index is 14.7. The monoisotopic (exact) mass is 480 g/mol. The van der Waals surface area contributed by atoms with Gasteiger partial charge in [0.1, 0.15) is 34.6 Å². The summed E-state index contributed by atoms with van der Waals surface area (Å²) in [7, 11) is 0. The molecule has 1 fully saturated rings. The van der Waals surface area contributed by atoms with E-state index >= 15 is 0 Å². The van der Waals surface area contributed by atoms with E-state index in [9.17, 15) is 26.3 Å². The molecule has 34 heavy (non-hydrogen) atoms. The number of hydrogen-bond donors (Lipinski definition) is 0. The highest BCUT2D eigenvalue weighted by molar-refractivity contribution is 5.64. The number of hydrogen-bond acceptors (Lipinski definition) is 2. The Kier molecular flexibility index (Phi) is 6.62. The molecule has 0 aliphatic carbocycles. The maximum atomic E-state index is 14.7. The molecule has 0 spiro atoms. The molecular weight excluding hydrogens is 458 g/mol. The van der Waals surface area contributed by atoms with Crippen molar-refractivity contribution >= 4 is 0 Å². The third kappa shape index (κ3) is 4.78. The van der Waals surface area contributed by atoms with Crippen molar-refractivity contribution in [3.05, 3.63) is 88.5 Å². The molecule has 8 heteroatoms. The first-order valence-electron chi connectivity index (χ1n) is 10.9. The quantitative estimate of drug-likeness (QED) is 0.333. The summed E-state index contributed by atoms with van der Waals surface area (Å²) in [5.41, 5.74) is -0.653. The third-order valence-corrected chi connectivity index (χ3v) is 6.01. The van der Waals surface area contributed by atoms with Crippen molar-refractivity contribution < 1.29 is 35.8 Å². The minimum atomic E-state index is -4.51. The first-order valence-corrected chi connectivity index (χ1v) is 10.9. The number of ether oxygens (including phenoxy) is 2. The zero-order chi connectivity index (χ0) is 24.6. The molecule has 3 aromatic carbocycles. The molecule has 0 bridgehead atoms. The summed E-state index contributed by atoms with van der Waals surface area (Å²) in [5.74, 6) is -6.26. The van der Waals surface area contributed by atoms with Gasteiger partial charge in [-0.05, 0) is 55.0 Å². The van der Waals surface area contributed by atoms with E-state index in [1.54, 1.807) is 24.3 Å². The van der Waals surface area contributed by atoms with Gasteiger partial charge in [-0.15, -0.1) is 0 Å². The van der Waals surface area contributed by atoms with Crippen molar-refractivity contribution in [2.45, 2.75) is 51.4 Å². The van der Waals surface area contributed by atoms with Crippen LogP contribution in [0.15, 0.2) is 48.5 Å². The molecule has 1 aliphatic heterocycles. The lowest BCUT2D eigenvalue weighted by Crippen LogP contribution is -2.25. The molecule has 1 saturated heterocycles. The summed E-state index contributed by atoms with van der Waals surface area (Å²) in [6.45, 7) is 3.16. The molecule has 2 unspecified atom stereocenters. The molecule has 0 saturated carbocycles. The van der Waals surface area contributed by atoms with Crippen LogP contribution < -0.4 is 4.74 Å². The standard InChI is InChI=1S/C26H22F6O2/c1-3-18-8-9-24(33-18)16-6-4-15(5-7-16)17-10-22(29)25(23(30)11-17)26(31,32)34-19-12-20(27)14(2)21(28)13-19/h4-7,10-13,18,24H,3,8-9H2,1-2H3. The van der Waals surface area contributed by atoms with E-state index in [1.807, 2.05) is 0 Å². The second-order valence-corrected chi connectivity index (χ2v) is 8.30. The van der Waals surface area contributed by atoms with E-state index < -0.39 is 46.3 Å². The number of alkyl halides is 2. The minimum absolute atomic E-state index is 0.0484. The van der Waals surface area contributed by atoms with E-state index in [-0.39, 0.29) is 17.8 Å². The Balaban J connectivity index is 1.58. The fourth-order valence-electron chi connectivity index (χ4n) is 4.04. The SMILES string of the molecule is CCC1CCC(c2ccc(-c3cc(F)c(C(F)(F)Oc4cc(F)c(C)c(F)c4)c(F)c3)cc2)O1. The second-order valence-electron chi connectivity index (χ2n) is 8.30. The van der Waals surface area contributed by atoms with Gasteiger partial charge >= 0.3 is 6.11 Å². The van der Waals surface area contributed by atoms with Crippen molar-refractivity contribution in [1.29, 1.82) is 0 Å². The highest BCUT2D eigenvalue weighted by atomic mass is 19.3. The van der Waals surface area contributed by atoms with Crippen LogP contribution in [0.25, 0.3) is 11.1 Å². The fraction of sp³-hybridized carbons (Fsp3) is 0.308. The highest BCUT2D eigenvalue weighted by Crippen LogP contribution is 2.38. The summed E-state index contributed by atoms with van der Waals surface area (Å²) >= 11 is 0. The Bertz CT molecular complexity index is 1150. The molecule has 180 valence electrons. The Morgan fingerprint density at radius 3 is 1.97 bits per heavy atom. The molecule has 3 aromatic rings. The summed E-state index contributed by atoms with van der Waals surface area (Å²) in [6.07, 6.45) is -1.61. The molecule has 1 aliphatic rings. The number of benzene rings is 3. The van der Waals surface area contributed by atoms with Crippen LogP contribution in [0.2, 0.25) is 0 Å². The summed E-state index contributed by atoms with van der Waals surface area (Å²) < 4.78 is 96.0. The van der Waals surface area contributed by atoms with E-state index in [0.29, 0.717) is 17.7 Å². The molecule has 2 atom stereocenters. The molecule has 0 amide bonds. The maximum Gasteiger partial charge on any atom is 0.432 e. The average molecular weight is 480 g/mol. The van der Waals surface area contributed by atoms with Gasteiger partial charge in [-0.2, -0.15) is 8.78 Å². The van der Waals surface area contributed by atoms with Gasteiger partial charge in [-0.25, -0.2) is 17.6 Å². The van der Waals surface area contributed by atoms with Crippen LogP contribution in [0.5, 0.6) is 5.75 Å². The molecule has 0 aromatic heterocycles. The Hall–Kier alpha value is -3.00. The van der Waals surface area contributed by atoms with Gasteiger partial charge in [0.25, 0.3) is 0 Å². The third-order valence-electron chi connectivity index (χ3n) is 6.01. The Morgan fingerprint density at radius 2 is 1.44 bits per heavy atom. The molecule has 1 heterocycles. The fourth-order valence-corrected chi connectivity index (χ4v) is 4.04. The molecule has 2 nitrogen and oxygen atoms in total. The summed E-state index contributed by atoms with van der Waals surface area (Å²) in [6, 6.07) is 9.40. The van der Waals surface area contributed by atoms with Crippen LogP contribution in [0.1, 0.15) is 49.0 Å². The van der Waals surface area contributed by atoms with Gasteiger partial charge in [-0.1, -0.05) is 31.2 Å². The molecular formula is C26H22F6O2. The normalized spacial score (nSPS) is 18.4. The van der Waals surface area contributed by atoms with Crippen LogP contribution in [0.4, 0.5) is 26.3 Å². The van der Waals surface area contributed by atoms with Crippen LogP contribution in [0.3, 0.4) is 0 Å². The van der Waals surface area contributed by atoms with Crippen molar-refractivity contribution in [1.82, 2.24) is 0 Å². The summed E-state index contributed by atoms with van der Waals surface area (Å²) in [5, 5.41) is 0. The molecule has 0 N–H and O–H groups in total. The Labute approximate surface area is 193 Å². The van der Waals surface area contributed by atoms with Crippen LogP contribution in [-0.4, -0.2) is 6.10 Å². The van der Waals surface area contributed by atoms with Crippen molar-refractivity contribution in [3.63, 3.8) is 0 Å². The van der Waals surface area contributed by atoms with E-state index in [0.717, 1.165) is 43.9 Å². The lowest BCUT2D eigenvalue weighted by Gasteiger charge is -2.20. The first-order chi connectivity index (χ1) is 16.1. The zero-order valence-electron chi connectivity index (χ0n) is 18.5. The Morgan fingerprint density at radius 1 is 0.853 bits per heavy atom. The lowest BCUT2D eigenvalue weighted by molar-refractivity contribution is -0.189. The van der Waals surface area contributed by atoms with Crippen LogP contribution in [-0.2, 0) is 10.8 Å². The van der Waals surface area contributed by atoms with Crippen LogP contribution >= 0.6 is 0 Å². The van der Waals surface area contributed by atoms with Crippen molar-refractivity contribution in [3.8, 4) is 16.9 Å². The van der Waals surface area contributed by atoms with Gasteiger partial charge in [-0.3, -0.25) is 0 Å². The topological polar surface area (TPSA) is 18.5 Å².